The molecule has 19 heavy (non-hydrogen) atoms. The van der Waals surface area contributed by atoms with Gasteiger partial charge in [0.25, 0.3) is 0 Å². The van der Waals surface area contributed by atoms with E-state index in [1.807, 2.05) is 0 Å². The molecule has 0 bridgehead atoms. The molecule has 1 fully saturated rings. The third-order valence-electron chi connectivity index (χ3n) is 4.29. The maximum Gasteiger partial charge on any atom is 0.0867 e. The topological polar surface area (TPSA) is 21.3 Å². The second-order valence-corrected chi connectivity index (χ2v) is 5.79. The van der Waals surface area contributed by atoms with Crippen molar-refractivity contribution in [3.63, 3.8) is 0 Å². The molecule has 0 amide bonds. The fraction of sp³-hybridized carbons (Fsp3) is 0.647. The van der Waals surface area contributed by atoms with Crippen LogP contribution in [0.2, 0.25) is 0 Å². The van der Waals surface area contributed by atoms with Crippen molar-refractivity contribution in [2.24, 2.45) is 5.92 Å². The van der Waals surface area contributed by atoms with Crippen molar-refractivity contribution >= 4 is 0 Å². The zero-order chi connectivity index (χ0) is 13.8. The number of ether oxygens (including phenoxy) is 1. The fourth-order valence-electron chi connectivity index (χ4n) is 3.02. The summed E-state index contributed by atoms with van der Waals surface area (Å²) in [6.45, 7) is 11.8. The van der Waals surface area contributed by atoms with E-state index in [0.29, 0.717) is 5.92 Å². The summed E-state index contributed by atoms with van der Waals surface area (Å²) in [5.74, 6) is 0.606. The fourth-order valence-corrected chi connectivity index (χ4v) is 3.02. The van der Waals surface area contributed by atoms with Crippen LogP contribution in [0.25, 0.3) is 0 Å². The molecule has 2 unspecified atom stereocenters. The molecule has 2 rings (SSSR count). The Labute approximate surface area is 117 Å². The molecule has 2 heteroatoms. The summed E-state index contributed by atoms with van der Waals surface area (Å²) in [6.07, 6.45) is 2.73. The summed E-state index contributed by atoms with van der Waals surface area (Å²) in [6, 6.07) is 4.63. The smallest absolute Gasteiger partial charge is 0.0867 e. The molecule has 0 radical (unpaired) electrons. The first-order chi connectivity index (χ1) is 9.13. The van der Waals surface area contributed by atoms with Gasteiger partial charge in [0.1, 0.15) is 0 Å². The lowest BCUT2D eigenvalue weighted by Gasteiger charge is -2.33. The Kier molecular flexibility index (Phi) is 5.00. The van der Waals surface area contributed by atoms with E-state index in [1.54, 1.807) is 0 Å². The first-order valence-electron chi connectivity index (χ1n) is 7.53. The lowest BCUT2D eigenvalue weighted by atomic mass is 9.86. The number of aryl methyl sites for hydroxylation is 3. The van der Waals surface area contributed by atoms with E-state index in [0.717, 1.165) is 19.7 Å². The highest BCUT2D eigenvalue weighted by Crippen LogP contribution is 2.35. The van der Waals surface area contributed by atoms with Gasteiger partial charge in [-0.2, -0.15) is 0 Å². The Hall–Kier alpha value is -0.860. The van der Waals surface area contributed by atoms with Crippen LogP contribution in [-0.4, -0.2) is 19.7 Å². The van der Waals surface area contributed by atoms with Gasteiger partial charge >= 0.3 is 0 Å². The number of rotatable bonds is 4. The monoisotopic (exact) mass is 261 g/mol. The second kappa shape index (κ2) is 6.53. The van der Waals surface area contributed by atoms with Crippen molar-refractivity contribution in [1.82, 2.24) is 5.32 Å². The molecule has 1 N–H and O–H groups in total. The maximum atomic E-state index is 6.11. The van der Waals surface area contributed by atoms with Crippen LogP contribution in [0.4, 0.5) is 0 Å². The molecule has 1 heterocycles. The van der Waals surface area contributed by atoms with E-state index in [4.69, 9.17) is 4.74 Å². The Morgan fingerprint density at radius 2 is 1.89 bits per heavy atom. The zero-order valence-corrected chi connectivity index (χ0v) is 12.8. The first-order valence-corrected chi connectivity index (χ1v) is 7.53. The minimum absolute atomic E-state index is 0.270. The van der Waals surface area contributed by atoms with Gasteiger partial charge in [-0.1, -0.05) is 19.1 Å². The largest absolute Gasteiger partial charge is 0.373 e. The van der Waals surface area contributed by atoms with E-state index in [9.17, 15) is 0 Å². The number of hydrogen-bond donors (Lipinski definition) is 1. The van der Waals surface area contributed by atoms with Gasteiger partial charge in [-0.15, -0.1) is 0 Å². The molecule has 1 saturated heterocycles. The van der Waals surface area contributed by atoms with Crippen molar-refractivity contribution in [3.8, 4) is 0 Å². The minimum Gasteiger partial charge on any atom is -0.373 e. The minimum atomic E-state index is 0.270. The number of hydrogen-bond acceptors (Lipinski definition) is 2. The molecule has 2 nitrogen and oxygen atoms in total. The average molecular weight is 261 g/mol. The standard InChI is InChI=1S/C17H27NO/c1-5-18-11-15-7-6-8-19-17(15)16-10-13(3)12(2)9-14(16)4/h9-10,15,17-18H,5-8,11H2,1-4H3. The van der Waals surface area contributed by atoms with Crippen LogP contribution in [0.3, 0.4) is 0 Å². The molecule has 1 aromatic carbocycles. The molecule has 0 aliphatic carbocycles. The van der Waals surface area contributed by atoms with Gasteiger partial charge in [0.15, 0.2) is 0 Å². The van der Waals surface area contributed by atoms with Crippen LogP contribution < -0.4 is 5.32 Å². The molecule has 1 aliphatic heterocycles. The SMILES string of the molecule is CCNCC1CCCOC1c1cc(C)c(C)cc1C. The second-order valence-electron chi connectivity index (χ2n) is 5.79. The summed E-state index contributed by atoms with van der Waals surface area (Å²) in [5.41, 5.74) is 5.51. The molecular formula is C17H27NO. The molecule has 2 atom stereocenters. The van der Waals surface area contributed by atoms with Gasteiger partial charge in [-0.05, 0) is 62.4 Å². The third-order valence-corrected chi connectivity index (χ3v) is 4.29. The Bertz CT molecular complexity index is 428. The summed E-state index contributed by atoms with van der Waals surface area (Å²) in [5, 5.41) is 3.48. The highest BCUT2D eigenvalue weighted by atomic mass is 16.5. The summed E-state index contributed by atoms with van der Waals surface area (Å²) in [7, 11) is 0. The van der Waals surface area contributed by atoms with Crippen LogP contribution in [0.5, 0.6) is 0 Å². The van der Waals surface area contributed by atoms with Crippen LogP contribution in [0.15, 0.2) is 12.1 Å². The molecule has 0 spiro atoms. The van der Waals surface area contributed by atoms with E-state index in [-0.39, 0.29) is 6.10 Å². The van der Waals surface area contributed by atoms with Crippen molar-refractivity contribution in [1.29, 1.82) is 0 Å². The van der Waals surface area contributed by atoms with Crippen LogP contribution in [-0.2, 0) is 4.74 Å². The molecule has 0 aromatic heterocycles. The summed E-state index contributed by atoms with van der Waals surface area (Å²) in [4.78, 5) is 0. The highest BCUT2D eigenvalue weighted by molar-refractivity contribution is 5.38. The first kappa shape index (κ1) is 14.5. The molecule has 1 aliphatic rings. The summed E-state index contributed by atoms with van der Waals surface area (Å²) < 4.78 is 6.11. The van der Waals surface area contributed by atoms with E-state index < -0.39 is 0 Å². The molecule has 1 aromatic rings. The molecular weight excluding hydrogens is 234 g/mol. The highest BCUT2D eigenvalue weighted by Gasteiger charge is 2.28. The van der Waals surface area contributed by atoms with Crippen molar-refractivity contribution in [2.75, 3.05) is 19.7 Å². The van der Waals surface area contributed by atoms with Gasteiger partial charge < -0.3 is 10.1 Å². The van der Waals surface area contributed by atoms with Crippen LogP contribution >= 0.6 is 0 Å². The number of benzene rings is 1. The Morgan fingerprint density at radius 1 is 1.16 bits per heavy atom. The van der Waals surface area contributed by atoms with E-state index >= 15 is 0 Å². The van der Waals surface area contributed by atoms with Gasteiger partial charge in [0.2, 0.25) is 0 Å². The zero-order valence-electron chi connectivity index (χ0n) is 12.8. The predicted molar refractivity (Wildman–Crippen MR) is 80.6 cm³/mol. The lowest BCUT2D eigenvalue weighted by molar-refractivity contribution is -0.0279. The van der Waals surface area contributed by atoms with Gasteiger partial charge in [-0.25, -0.2) is 0 Å². The molecule has 106 valence electrons. The average Bonchev–Trinajstić information content (AvgIpc) is 2.41. The van der Waals surface area contributed by atoms with E-state index in [2.05, 4.69) is 45.1 Å². The third kappa shape index (κ3) is 3.37. The predicted octanol–water partition coefficient (Wildman–Crippen LogP) is 3.69. The van der Waals surface area contributed by atoms with Crippen LogP contribution in [0, 0.1) is 26.7 Å². The molecule has 0 saturated carbocycles. The van der Waals surface area contributed by atoms with Crippen molar-refractivity contribution in [3.05, 3.63) is 34.4 Å². The van der Waals surface area contributed by atoms with Gasteiger partial charge in [-0.3, -0.25) is 0 Å². The van der Waals surface area contributed by atoms with Gasteiger partial charge in [0.05, 0.1) is 6.10 Å². The van der Waals surface area contributed by atoms with Crippen molar-refractivity contribution in [2.45, 2.75) is 46.6 Å². The Balaban J connectivity index is 2.24. The van der Waals surface area contributed by atoms with Gasteiger partial charge in [0, 0.05) is 19.1 Å². The maximum absolute atomic E-state index is 6.11. The normalized spacial score (nSPS) is 23.6. The van der Waals surface area contributed by atoms with Crippen molar-refractivity contribution < 1.29 is 4.74 Å². The van der Waals surface area contributed by atoms with Crippen LogP contribution in [0.1, 0.15) is 48.1 Å². The lowest BCUT2D eigenvalue weighted by Crippen LogP contribution is -2.32. The quantitative estimate of drug-likeness (QED) is 0.892. The Morgan fingerprint density at radius 3 is 2.63 bits per heavy atom. The summed E-state index contributed by atoms with van der Waals surface area (Å²) >= 11 is 0. The van der Waals surface area contributed by atoms with E-state index in [1.165, 1.54) is 35.1 Å². The number of nitrogens with one attached hydrogen (secondary N) is 1.